The predicted octanol–water partition coefficient (Wildman–Crippen LogP) is 2.72. The van der Waals surface area contributed by atoms with Crippen LogP contribution in [0.5, 0.6) is 0 Å². The van der Waals surface area contributed by atoms with E-state index < -0.39 is 17.4 Å². The van der Waals surface area contributed by atoms with E-state index in [9.17, 15) is 18.8 Å². The topological polar surface area (TPSA) is 73.1 Å². The Morgan fingerprint density at radius 3 is 2.58 bits per heavy atom. The quantitative estimate of drug-likeness (QED) is 0.706. The number of hydrogen-bond donors (Lipinski definition) is 1. The van der Waals surface area contributed by atoms with Crippen LogP contribution in [0.1, 0.15) is 6.92 Å². The lowest BCUT2D eigenvalue weighted by Gasteiger charge is -2.13. The molecule has 2 aromatic carbocycles. The maximum absolute atomic E-state index is 13.2. The third kappa shape index (κ3) is 3.32. The van der Waals surface area contributed by atoms with Gasteiger partial charge in [0.15, 0.2) is 0 Å². The van der Waals surface area contributed by atoms with Crippen LogP contribution >= 0.6 is 15.9 Å². The Labute approximate surface area is 156 Å². The van der Waals surface area contributed by atoms with E-state index in [2.05, 4.69) is 21.2 Å². The van der Waals surface area contributed by atoms with Crippen LogP contribution in [-0.4, -0.2) is 15.0 Å². The van der Waals surface area contributed by atoms with Crippen molar-refractivity contribution in [3.63, 3.8) is 0 Å². The molecule has 0 aliphatic carbocycles. The van der Waals surface area contributed by atoms with Crippen molar-refractivity contribution in [1.29, 1.82) is 0 Å². The van der Waals surface area contributed by atoms with Gasteiger partial charge < -0.3 is 5.32 Å². The third-order valence-corrected chi connectivity index (χ3v) is 4.61. The molecule has 0 spiro atoms. The molecule has 134 valence electrons. The van der Waals surface area contributed by atoms with E-state index in [0.717, 1.165) is 4.57 Å². The zero-order chi connectivity index (χ0) is 18.8. The van der Waals surface area contributed by atoms with Crippen LogP contribution in [0.2, 0.25) is 0 Å². The summed E-state index contributed by atoms with van der Waals surface area (Å²) in [7, 11) is 0. The smallest absolute Gasteiger partial charge is 0.323 e. The highest BCUT2D eigenvalue weighted by Gasteiger charge is 2.15. The van der Waals surface area contributed by atoms with Gasteiger partial charge in [0.1, 0.15) is 12.4 Å². The molecule has 1 amide bonds. The summed E-state index contributed by atoms with van der Waals surface area (Å²) < 4.78 is 15.9. The van der Waals surface area contributed by atoms with Gasteiger partial charge in [-0.15, -0.1) is 0 Å². The fourth-order valence-electron chi connectivity index (χ4n) is 2.73. The van der Waals surface area contributed by atoms with Crippen molar-refractivity contribution in [2.75, 3.05) is 5.32 Å². The number of carbonyl (C=O) groups excluding carboxylic acids is 1. The van der Waals surface area contributed by atoms with Gasteiger partial charge >= 0.3 is 5.69 Å². The van der Waals surface area contributed by atoms with Gasteiger partial charge in [-0.2, -0.15) is 0 Å². The molecule has 1 aromatic heterocycles. The summed E-state index contributed by atoms with van der Waals surface area (Å²) in [6, 6.07) is 10.5. The lowest BCUT2D eigenvalue weighted by molar-refractivity contribution is -0.116. The molecule has 0 saturated heterocycles. The number of aromatic nitrogens is 2. The number of fused-ring (bicyclic) bond motifs is 1. The molecule has 8 heteroatoms. The molecule has 0 radical (unpaired) electrons. The standard InChI is InChI=1S/C18H15BrFN3O3/c1-2-22-17(25)12-5-3-4-6-15(12)23(18(22)26)10-16(24)21-14-8-7-11(20)9-13(14)19/h3-9H,2,10H2,1H3,(H,21,24). The Hall–Kier alpha value is -2.74. The monoisotopic (exact) mass is 419 g/mol. The van der Waals surface area contributed by atoms with Crippen molar-refractivity contribution in [2.45, 2.75) is 20.0 Å². The minimum Gasteiger partial charge on any atom is -0.323 e. The second-order valence-corrected chi connectivity index (χ2v) is 6.46. The van der Waals surface area contributed by atoms with Crippen LogP contribution in [0.3, 0.4) is 0 Å². The van der Waals surface area contributed by atoms with E-state index in [-0.39, 0.29) is 18.6 Å². The Kier molecular flexibility index (Phi) is 5.03. The molecule has 0 fully saturated rings. The van der Waals surface area contributed by atoms with Gasteiger partial charge in [0.2, 0.25) is 5.91 Å². The summed E-state index contributed by atoms with van der Waals surface area (Å²) in [4.78, 5) is 37.4. The van der Waals surface area contributed by atoms with E-state index >= 15 is 0 Å². The molecule has 1 heterocycles. The Morgan fingerprint density at radius 1 is 1.15 bits per heavy atom. The number of para-hydroxylation sites is 1. The summed E-state index contributed by atoms with van der Waals surface area (Å²) in [5, 5.41) is 3.00. The summed E-state index contributed by atoms with van der Waals surface area (Å²) in [6.07, 6.45) is 0. The molecule has 0 atom stereocenters. The Balaban J connectivity index is 2.02. The highest BCUT2D eigenvalue weighted by molar-refractivity contribution is 9.10. The summed E-state index contributed by atoms with van der Waals surface area (Å²) in [6.45, 7) is 1.62. The zero-order valence-corrected chi connectivity index (χ0v) is 15.4. The fourth-order valence-corrected chi connectivity index (χ4v) is 3.18. The lowest BCUT2D eigenvalue weighted by Crippen LogP contribution is -2.41. The molecule has 0 unspecified atom stereocenters. The SMILES string of the molecule is CCn1c(=O)c2ccccc2n(CC(=O)Nc2ccc(F)cc2Br)c1=O. The van der Waals surface area contributed by atoms with Crippen LogP contribution in [-0.2, 0) is 17.9 Å². The van der Waals surface area contributed by atoms with Crippen LogP contribution in [0.4, 0.5) is 10.1 Å². The summed E-state index contributed by atoms with van der Waals surface area (Å²) in [5.74, 6) is -0.905. The van der Waals surface area contributed by atoms with Crippen molar-refractivity contribution < 1.29 is 9.18 Å². The number of amides is 1. The van der Waals surface area contributed by atoms with E-state index in [4.69, 9.17) is 0 Å². The number of anilines is 1. The first-order valence-electron chi connectivity index (χ1n) is 7.89. The van der Waals surface area contributed by atoms with Crippen molar-refractivity contribution in [1.82, 2.24) is 9.13 Å². The third-order valence-electron chi connectivity index (χ3n) is 3.96. The molecule has 0 aliphatic rings. The van der Waals surface area contributed by atoms with Gasteiger partial charge in [0.25, 0.3) is 5.56 Å². The normalized spacial score (nSPS) is 10.9. The highest BCUT2D eigenvalue weighted by atomic mass is 79.9. The van der Waals surface area contributed by atoms with Crippen LogP contribution in [0.25, 0.3) is 10.9 Å². The van der Waals surface area contributed by atoms with Crippen molar-refractivity contribution in [2.24, 2.45) is 0 Å². The molecule has 0 bridgehead atoms. The number of carbonyl (C=O) groups is 1. The van der Waals surface area contributed by atoms with Crippen LogP contribution in [0, 0.1) is 5.82 Å². The number of nitrogens with one attached hydrogen (secondary N) is 1. The molecule has 1 N–H and O–H groups in total. The maximum atomic E-state index is 13.2. The lowest BCUT2D eigenvalue weighted by atomic mass is 10.2. The van der Waals surface area contributed by atoms with Crippen molar-refractivity contribution >= 4 is 38.4 Å². The van der Waals surface area contributed by atoms with Gasteiger partial charge in [0, 0.05) is 11.0 Å². The second-order valence-electron chi connectivity index (χ2n) is 5.61. The highest BCUT2D eigenvalue weighted by Crippen LogP contribution is 2.23. The van der Waals surface area contributed by atoms with Gasteiger partial charge in [-0.3, -0.25) is 18.7 Å². The van der Waals surface area contributed by atoms with Crippen molar-refractivity contribution in [3.05, 3.63) is 73.6 Å². The molecule has 6 nitrogen and oxygen atoms in total. The molecule has 0 saturated carbocycles. The number of halogens is 2. The second kappa shape index (κ2) is 7.25. The zero-order valence-electron chi connectivity index (χ0n) is 13.8. The minimum atomic E-state index is -0.551. The summed E-state index contributed by atoms with van der Waals surface area (Å²) >= 11 is 3.18. The maximum Gasteiger partial charge on any atom is 0.331 e. The van der Waals surface area contributed by atoms with Crippen LogP contribution < -0.4 is 16.6 Å². The van der Waals surface area contributed by atoms with Gasteiger partial charge in [-0.1, -0.05) is 12.1 Å². The van der Waals surface area contributed by atoms with E-state index in [1.165, 1.54) is 22.8 Å². The first kappa shape index (κ1) is 18.1. The molecular formula is C18H15BrFN3O3. The average molecular weight is 420 g/mol. The predicted molar refractivity (Wildman–Crippen MR) is 101 cm³/mol. The van der Waals surface area contributed by atoms with Gasteiger partial charge in [-0.05, 0) is 53.2 Å². The van der Waals surface area contributed by atoms with Crippen molar-refractivity contribution in [3.8, 4) is 0 Å². The fraction of sp³-hybridized carbons (Fsp3) is 0.167. The largest absolute Gasteiger partial charge is 0.331 e. The number of benzene rings is 2. The number of hydrogen-bond acceptors (Lipinski definition) is 3. The molecule has 26 heavy (non-hydrogen) atoms. The van der Waals surface area contributed by atoms with Gasteiger partial charge in [0.05, 0.1) is 16.6 Å². The minimum absolute atomic E-state index is 0.202. The van der Waals surface area contributed by atoms with E-state index in [1.807, 2.05) is 0 Å². The Morgan fingerprint density at radius 2 is 1.88 bits per heavy atom. The molecule has 3 rings (SSSR count). The summed E-state index contributed by atoms with van der Waals surface area (Å²) in [5.41, 5.74) is -0.159. The van der Waals surface area contributed by atoms with E-state index in [1.54, 1.807) is 31.2 Å². The first-order valence-corrected chi connectivity index (χ1v) is 8.69. The van der Waals surface area contributed by atoms with Gasteiger partial charge in [-0.25, -0.2) is 9.18 Å². The molecular weight excluding hydrogens is 405 g/mol. The number of nitrogens with zero attached hydrogens (tertiary/aromatic N) is 2. The first-order chi connectivity index (χ1) is 12.4. The Bertz CT molecular complexity index is 1120. The molecule has 0 aliphatic heterocycles. The average Bonchev–Trinajstić information content (AvgIpc) is 2.61. The molecule has 3 aromatic rings. The number of rotatable bonds is 4. The van der Waals surface area contributed by atoms with Crippen LogP contribution in [0.15, 0.2) is 56.5 Å². The van der Waals surface area contributed by atoms with E-state index in [0.29, 0.717) is 21.1 Å².